The van der Waals surface area contributed by atoms with Crippen molar-refractivity contribution in [2.75, 3.05) is 33.4 Å². The fourth-order valence-corrected chi connectivity index (χ4v) is 4.55. The first-order valence-electron chi connectivity index (χ1n) is 10.8. The average molecular weight is 403 g/mol. The van der Waals surface area contributed by atoms with Crippen molar-refractivity contribution in [1.29, 1.82) is 0 Å². The lowest BCUT2D eigenvalue weighted by Crippen LogP contribution is -2.54. The molecule has 7 nitrogen and oxygen atoms in total. The molecule has 1 spiro atoms. The van der Waals surface area contributed by atoms with Crippen molar-refractivity contribution in [3.8, 4) is 0 Å². The first kappa shape index (κ1) is 21.7. The molecular formula is C22H34N4O3. The molecule has 29 heavy (non-hydrogen) atoms. The summed E-state index contributed by atoms with van der Waals surface area (Å²) in [4.78, 5) is 37.9. The number of hydrogen-bond acceptors (Lipinski definition) is 5. The Bertz CT molecular complexity index is 694. The SMILES string of the molecule is COCCCCCC(=O)N1CCC[C@@]2(CCC(=O)N(Cc3cnc(C)cn3)C2)C1. The van der Waals surface area contributed by atoms with Gasteiger partial charge >= 0.3 is 0 Å². The molecule has 1 atom stereocenters. The highest BCUT2D eigenvalue weighted by Crippen LogP contribution is 2.39. The number of piperidine rings is 2. The average Bonchev–Trinajstić information content (AvgIpc) is 2.72. The number of likely N-dealkylation sites (tertiary alicyclic amines) is 2. The molecule has 0 aliphatic carbocycles. The van der Waals surface area contributed by atoms with Crippen molar-refractivity contribution >= 4 is 11.8 Å². The van der Waals surface area contributed by atoms with Crippen LogP contribution in [0.15, 0.2) is 12.4 Å². The molecule has 3 heterocycles. The first-order chi connectivity index (χ1) is 14.0. The molecule has 2 saturated heterocycles. The summed E-state index contributed by atoms with van der Waals surface area (Å²) in [5.41, 5.74) is 1.72. The number of aryl methyl sites for hydroxylation is 1. The van der Waals surface area contributed by atoms with Crippen molar-refractivity contribution < 1.29 is 14.3 Å². The standard InChI is InChI=1S/C22H34N4O3/c1-18-13-24-19(14-23-18)15-26-17-22(10-8-21(26)28)9-6-11-25(16-22)20(27)7-4-3-5-12-29-2/h13-14H,3-12,15-17H2,1-2H3/t22-/m1/s1. The van der Waals surface area contributed by atoms with Crippen molar-refractivity contribution in [2.24, 2.45) is 5.41 Å². The summed E-state index contributed by atoms with van der Waals surface area (Å²) in [6, 6.07) is 0. The molecule has 0 unspecified atom stereocenters. The van der Waals surface area contributed by atoms with E-state index in [1.165, 1.54) is 0 Å². The molecule has 2 fully saturated rings. The number of amides is 2. The van der Waals surface area contributed by atoms with E-state index in [0.717, 1.165) is 69.6 Å². The quantitative estimate of drug-likeness (QED) is 0.625. The van der Waals surface area contributed by atoms with Gasteiger partial charge in [-0.25, -0.2) is 0 Å². The van der Waals surface area contributed by atoms with E-state index in [0.29, 0.717) is 25.9 Å². The number of nitrogens with zero attached hydrogens (tertiary/aromatic N) is 4. The van der Waals surface area contributed by atoms with E-state index >= 15 is 0 Å². The molecule has 7 heteroatoms. The minimum absolute atomic E-state index is 0.0238. The Kier molecular flexibility index (Phi) is 7.58. The van der Waals surface area contributed by atoms with Crippen LogP contribution in [0.4, 0.5) is 0 Å². The van der Waals surface area contributed by atoms with Gasteiger partial charge in [-0.05, 0) is 39.0 Å². The molecule has 0 aromatic carbocycles. The summed E-state index contributed by atoms with van der Waals surface area (Å²) in [5.74, 6) is 0.439. The molecule has 0 radical (unpaired) electrons. The Morgan fingerprint density at radius 1 is 1.17 bits per heavy atom. The maximum absolute atomic E-state index is 12.7. The van der Waals surface area contributed by atoms with E-state index in [2.05, 4.69) is 9.97 Å². The van der Waals surface area contributed by atoms with Gasteiger partial charge in [-0.1, -0.05) is 6.42 Å². The minimum Gasteiger partial charge on any atom is -0.385 e. The molecule has 0 bridgehead atoms. The van der Waals surface area contributed by atoms with Crippen LogP contribution in [0.25, 0.3) is 0 Å². The second-order valence-electron chi connectivity index (χ2n) is 8.62. The summed E-state index contributed by atoms with van der Waals surface area (Å²) < 4.78 is 5.07. The third-order valence-corrected chi connectivity index (χ3v) is 6.19. The zero-order chi connectivity index (χ0) is 20.7. The monoisotopic (exact) mass is 402 g/mol. The van der Waals surface area contributed by atoms with Gasteiger partial charge in [-0.3, -0.25) is 19.6 Å². The molecule has 0 N–H and O–H groups in total. The Morgan fingerprint density at radius 2 is 2.03 bits per heavy atom. The number of aromatic nitrogens is 2. The smallest absolute Gasteiger partial charge is 0.222 e. The van der Waals surface area contributed by atoms with E-state index in [4.69, 9.17) is 4.74 Å². The fraction of sp³-hybridized carbons (Fsp3) is 0.727. The summed E-state index contributed by atoms with van der Waals surface area (Å²) in [6.45, 7) is 5.49. The third-order valence-electron chi connectivity index (χ3n) is 6.19. The van der Waals surface area contributed by atoms with Crippen molar-refractivity contribution in [3.63, 3.8) is 0 Å². The number of rotatable bonds is 8. The summed E-state index contributed by atoms with van der Waals surface area (Å²) in [5, 5.41) is 0. The van der Waals surface area contributed by atoms with Crippen LogP contribution in [0.2, 0.25) is 0 Å². The first-order valence-corrected chi connectivity index (χ1v) is 10.8. The maximum Gasteiger partial charge on any atom is 0.222 e. The van der Waals surface area contributed by atoms with Gasteiger partial charge in [0, 0.05) is 57.8 Å². The highest BCUT2D eigenvalue weighted by Gasteiger charge is 2.42. The molecule has 160 valence electrons. The molecule has 1 aromatic rings. The van der Waals surface area contributed by atoms with Crippen LogP contribution in [0.3, 0.4) is 0 Å². The molecule has 2 aliphatic heterocycles. The molecule has 2 amide bonds. The van der Waals surface area contributed by atoms with E-state index in [-0.39, 0.29) is 17.2 Å². The van der Waals surface area contributed by atoms with Gasteiger partial charge in [0.25, 0.3) is 0 Å². The van der Waals surface area contributed by atoms with Crippen LogP contribution < -0.4 is 0 Å². The van der Waals surface area contributed by atoms with Crippen LogP contribution in [-0.2, 0) is 20.9 Å². The number of carbonyl (C=O) groups excluding carboxylic acids is 2. The molecule has 1 aromatic heterocycles. The predicted octanol–water partition coefficient (Wildman–Crippen LogP) is 2.72. The second-order valence-corrected chi connectivity index (χ2v) is 8.62. The Hall–Kier alpha value is -2.02. The van der Waals surface area contributed by atoms with E-state index < -0.39 is 0 Å². The Morgan fingerprint density at radius 3 is 2.79 bits per heavy atom. The predicted molar refractivity (Wildman–Crippen MR) is 110 cm³/mol. The summed E-state index contributed by atoms with van der Waals surface area (Å²) in [7, 11) is 1.71. The van der Waals surface area contributed by atoms with Gasteiger partial charge in [0.1, 0.15) is 0 Å². The number of hydrogen-bond donors (Lipinski definition) is 0. The van der Waals surface area contributed by atoms with Gasteiger partial charge in [0.2, 0.25) is 11.8 Å². The van der Waals surface area contributed by atoms with Crippen LogP contribution in [0.1, 0.15) is 62.8 Å². The maximum atomic E-state index is 12.7. The van der Waals surface area contributed by atoms with Crippen LogP contribution in [0, 0.1) is 12.3 Å². The zero-order valence-electron chi connectivity index (χ0n) is 17.9. The molecule has 2 aliphatic rings. The van der Waals surface area contributed by atoms with E-state index in [1.54, 1.807) is 19.5 Å². The normalized spacial score (nSPS) is 22.3. The third kappa shape index (κ3) is 5.98. The van der Waals surface area contributed by atoms with Crippen LogP contribution in [-0.4, -0.2) is 64.9 Å². The van der Waals surface area contributed by atoms with E-state index in [9.17, 15) is 9.59 Å². The number of unbranched alkanes of at least 4 members (excludes halogenated alkanes) is 2. The number of carbonyl (C=O) groups is 2. The fourth-order valence-electron chi connectivity index (χ4n) is 4.55. The van der Waals surface area contributed by atoms with Gasteiger partial charge in [0.05, 0.1) is 24.1 Å². The topological polar surface area (TPSA) is 75.6 Å². The Balaban J connectivity index is 1.56. The Labute approximate surface area is 173 Å². The van der Waals surface area contributed by atoms with E-state index in [1.807, 2.05) is 16.7 Å². The van der Waals surface area contributed by atoms with Gasteiger partial charge in [0.15, 0.2) is 0 Å². The molecular weight excluding hydrogens is 368 g/mol. The summed E-state index contributed by atoms with van der Waals surface area (Å²) >= 11 is 0. The minimum atomic E-state index is 0.0238. The van der Waals surface area contributed by atoms with Crippen LogP contribution in [0.5, 0.6) is 0 Å². The zero-order valence-corrected chi connectivity index (χ0v) is 17.9. The van der Waals surface area contributed by atoms with Gasteiger partial charge < -0.3 is 14.5 Å². The number of ether oxygens (including phenoxy) is 1. The lowest BCUT2D eigenvalue weighted by Gasteiger charge is -2.48. The highest BCUT2D eigenvalue weighted by atomic mass is 16.5. The van der Waals surface area contributed by atoms with Gasteiger partial charge in [-0.2, -0.15) is 0 Å². The van der Waals surface area contributed by atoms with Gasteiger partial charge in [-0.15, -0.1) is 0 Å². The second kappa shape index (κ2) is 10.1. The van der Waals surface area contributed by atoms with Crippen molar-refractivity contribution in [2.45, 2.75) is 64.8 Å². The largest absolute Gasteiger partial charge is 0.385 e. The number of methoxy groups -OCH3 is 1. The molecule has 0 saturated carbocycles. The lowest BCUT2D eigenvalue weighted by molar-refractivity contribution is -0.143. The summed E-state index contributed by atoms with van der Waals surface area (Å²) in [6.07, 6.45) is 10.6. The van der Waals surface area contributed by atoms with Crippen molar-refractivity contribution in [1.82, 2.24) is 19.8 Å². The molecule has 3 rings (SSSR count). The highest BCUT2D eigenvalue weighted by molar-refractivity contribution is 5.78. The lowest BCUT2D eigenvalue weighted by atomic mass is 9.73. The van der Waals surface area contributed by atoms with Crippen molar-refractivity contribution in [3.05, 3.63) is 23.8 Å². The van der Waals surface area contributed by atoms with Crippen LogP contribution >= 0.6 is 0 Å².